The maximum absolute atomic E-state index is 12.1. The lowest BCUT2D eigenvalue weighted by Gasteiger charge is -2.10. The molecular weight excluding hydrogens is 456 g/mol. The summed E-state index contributed by atoms with van der Waals surface area (Å²) in [4.78, 5) is 26.2. The van der Waals surface area contributed by atoms with Gasteiger partial charge in [0.1, 0.15) is 6.20 Å². The van der Waals surface area contributed by atoms with Crippen LogP contribution in [0.5, 0.6) is 17.4 Å². The number of aromatic nitrogens is 1. The molecule has 9 nitrogen and oxygen atoms in total. The van der Waals surface area contributed by atoms with E-state index in [0.29, 0.717) is 22.6 Å². The lowest BCUT2D eigenvalue weighted by molar-refractivity contribution is -0.385. The summed E-state index contributed by atoms with van der Waals surface area (Å²) in [5.74, 6) is 0.608. The first-order chi connectivity index (χ1) is 14.5. The van der Waals surface area contributed by atoms with Gasteiger partial charge in [0.25, 0.3) is 11.6 Å². The Labute approximate surface area is 179 Å². The third-order valence-corrected chi connectivity index (χ3v) is 4.29. The highest BCUT2D eigenvalue weighted by atomic mass is 79.9. The second kappa shape index (κ2) is 9.61. The van der Waals surface area contributed by atoms with Crippen molar-refractivity contribution in [3.63, 3.8) is 0 Å². The van der Waals surface area contributed by atoms with Crippen LogP contribution in [0.25, 0.3) is 0 Å². The standard InChI is InChI=1S/C20H15BrN4O5/c1-29-18-9-13(11-23-24-20(26)14-3-2-4-15(21)10-14)5-7-17(18)30-19-8-6-16(12-22-19)25(27)28/h2-12H,1H3,(H,24,26). The summed E-state index contributed by atoms with van der Waals surface area (Å²) < 4.78 is 11.7. The number of amides is 1. The number of rotatable bonds is 7. The first-order valence-corrected chi connectivity index (χ1v) is 9.31. The summed E-state index contributed by atoms with van der Waals surface area (Å²) in [5, 5.41) is 14.6. The molecule has 0 saturated heterocycles. The highest BCUT2D eigenvalue weighted by Crippen LogP contribution is 2.31. The highest BCUT2D eigenvalue weighted by Gasteiger charge is 2.10. The molecule has 10 heteroatoms. The van der Waals surface area contributed by atoms with Crippen LogP contribution in [0.1, 0.15) is 15.9 Å². The van der Waals surface area contributed by atoms with Crippen LogP contribution < -0.4 is 14.9 Å². The summed E-state index contributed by atoms with van der Waals surface area (Å²) in [6, 6.07) is 14.6. The highest BCUT2D eigenvalue weighted by molar-refractivity contribution is 9.10. The third kappa shape index (κ3) is 5.39. The van der Waals surface area contributed by atoms with Crippen LogP contribution >= 0.6 is 15.9 Å². The Morgan fingerprint density at radius 3 is 2.70 bits per heavy atom. The zero-order valence-corrected chi connectivity index (χ0v) is 17.2. The van der Waals surface area contributed by atoms with Crippen molar-refractivity contribution in [2.45, 2.75) is 0 Å². The Morgan fingerprint density at radius 1 is 1.20 bits per heavy atom. The van der Waals surface area contributed by atoms with Gasteiger partial charge in [-0.15, -0.1) is 0 Å². The fourth-order valence-electron chi connectivity index (χ4n) is 2.36. The predicted octanol–water partition coefficient (Wildman–Crippen LogP) is 4.32. The van der Waals surface area contributed by atoms with E-state index in [1.807, 2.05) is 6.07 Å². The van der Waals surface area contributed by atoms with Crippen LogP contribution in [-0.2, 0) is 0 Å². The number of hydrogen-bond donors (Lipinski definition) is 1. The van der Waals surface area contributed by atoms with Crippen LogP contribution in [0.3, 0.4) is 0 Å². The van der Waals surface area contributed by atoms with Gasteiger partial charge in [-0.25, -0.2) is 10.4 Å². The second-order valence-electron chi connectivity index (χ2n) is 5.83. The number of carbonyl (C=O) groups is 1. The molecule has 0 unspecified atom stereocenters. The maximum Gasteiger partial charge on any atom is 0.287 e. The predicted molar refractivity (Wildman–Crippen MR) is 113 cm³/mol. The van der Waals surface area contributed by atoms with E-state index in [4.69, 9.17) is 9.47 Å². The van der Waals surface area contributed by atoms with Crippen molar-refractivity contribution in [3.8, 4) is 17.4 Å². The minimum Gasteiger partial charge on any atom is -0.493 e. The minimum absolute atomic E-state index is 0.134. The summed E-state index contributed by atoms with van der Waals surface area (Å²) >= 11 is 3.31. The number of nitrogens with one attached hydrogen (secondary N) is 1. The molecule has 0 atom stereocenters. The average molecular weight is 471 g/mol. The molecule has 0 aliphatic rings. The van der Waals surface area contributed by atoms with Gasteiger partial charge in [-0.3, -0.25) is 14.9 Å². The quantitative estimate of drug-likeness (QED) is 0.312. The fraction of sp³-hybridized carbons (Fsp3) is 0.0500. The van der Waals surface area contributed by atoms with Gasteiger partial charge in [-0.05, 0) is 42.0 Å². The number of nitro groups is 1. The van der Waals surface area contributed by atoms with Crippen LogP contribution in [0.4, 0.5) is 5.69 Å². The molecule has 1 heterocycles. The molecule has 0 aliphatic heterocycles. The molecule has 3 rings (SSSR count). The second-order valence-corrected chi connectivity index (χ2v) is 6.75. The fourth-order valence-corrected chi connectivity index (χ4v) is 2.76. The van der Waals surface area contributed by atoms with Crippen LogP contribution in [0, 0.1) is 10.1 Å². The maximum atomic E-state index is 12.1. The van der Waals surface area contributed by atoms with Gasteiger partial charge in [0.2, 0.25) is 5.88 Å². The number of nitrogens with zero attached hydrogens (tertiary/aromatic N) is 3. The number of halogens is 1. The van der Waals surface area contributed by atoms with Gasteiger partial charge < -0.3 is 9.47 Å². The lowest BCUT2D eigenvalue weighted by atomic mass is 10.2. The van der Waals surface area contributed by atoms with Crippen molar-refractivity contribution in [1.82, 2.24) is 10.4 Å². The number of carbonyl (C=O) groups excluding carboxylic acids is 1. The monoisotopic (exact) mass is 470 g/mol. The average Bonchev–Trinajstić information content (AvgIpc) is 2.75. The van der Waals surface area contributed by atoms with E-state index in [1.165, 1.54) is 25.5 Å². The van der Waals surface area contributed by atoms with Gasteiger partial charge in [0.05, 0.1) is 18.2 Å². The number of hydrazone groups is 1. The normalized spacial score (nSPS) is 10.6. The molecule has 152 valence electrons. The van der Waals surface area contributed by atoms with Crippen molar-refractivity contribution in [2.75, 3.05) is 7.11 Å². The summed E-state index contributed by atoms with van der Waals surface area (Å²) in [6.45, 7) is 0. The Morgan fingerprint density at radius 2 is 2.03 bits per heavy atom. The lowest BCUT2D eigenvalue weighted by Crippen LogP contribution is -2.17. The Hall–Kier alpha value is -3.79. The van der Waals surface area contributed by atoms with Crippen molar-refractivity contribution in [3.05, 3.63) is 86.5 Å². The number of ether oxygens (including phenoxy) is 2. The molecule has 2 aromatic carbocycles. The molecular formula is C20H15BrN4O5. The van der Waals surface area contributed by atoms with E-state index < -0.39 is 4.92 Å². The van der Waals surface area contributed by atoms with E-state index >= 15 is 0 Å². The zero-order valence-electron chi connectivity index (χ0n) is 15.6. The Bertz CT molecular complexity index is 1100. The zero-order chi connectivity index (χ0) is 21.5. The first-order valence-electron chi connectivity index (χ1n) is 8.51. The van der Waals surface area contributed by atoms with E-state index in [-0.39, 0.29) is 17.5 Å². The molecule has 0 bridgehead atoms. The van der Waals surface area contributed by atoms with Crippen molar-refractivity contribution in [1.29, 1.82) is 0 Å². The van der Waals surface area contributed by atoms with Crippen LogP contribution in [-0.4, -0.2) is 29.1 Å². The van der Waals surface area contributed by atoms with E-state index in [1.54, 1.807) is 36.4 Å². The number of pyridine rings is 1. The van der Waals surface area contributed by atoms with E-state index in [0.717, 1.165) is 10.7 Å². The number of benzene rings is 2. The third-order valence-electron chi connectivity index (χ3n) is 3.80. The van der Waals surface area contributed by atoms with Crippen LogP contribution in [0.2, 0.25) is 0 Å². The molecule has 1 aromatic heterocycles. The van der Waals surface area contributed by atoms with Gasteiger partial charge >= 0.3 is 0 Å². The van der Waals surface area contributed by atoms with Gasteiger partial charge in [0, 0.05) is 22.2 Å². The smallest absolute Gasteiger partial charge is 0.287 e. The molecule has 0 radical (unpaired) electrons. The van der Waals surface area contributed by atoms with Crippen molar-refractivity contribution >= 4 is 33.7 Å². The van der Waals surface area contributed by atoms with Crippen molar-refractivity contribution < 1.29 is 19.2 Å². The van der Waals surface area contributed by atoms with Gasteiger partial charge in [-0.2, -0.15) is 5.10 Å². The minimum atomic E-state index is -0.541. The number of hydrogen-bond acceptors (Lipinski definition) is 7. The first kappa shape index (κ1) is 20.9. The number of methoxy groups -OCH3 is 1. The molecule has 30 heavy (non-hydrogen) atoms. The topological polar surface area (TPSA) is 116 Å². The summed E-state index contributed by atoms with van der Waals surface area (Å²) in [6.07, 6.45) is 2.57. The Balaban J connectivity index is 1.68. The van der Waals surface area contributed by atoms with E-state index in [2.05, 4.69) is 31.4 Å². The van der Waals surface area contributed by atoms with Crippen LogP contribution in [0.15, 0.2) is 70.4 Å². The molecule has 0 spiro atoms. The molecule has 0 saturated carbocycles. The summed E-state index contributed by atoms with van der Waals surface area (Å²) in [5.41, 5.74) is 3.45. The molecule has 0 fully saturated rings. The molecule has 3 aromatic rings. The van der Waals surface area contributed by atoms with Gasteiger partial charge in [-0.1, -0.05) is 22.0 Å². The molecule has 1 amide bonds. The van der Waals surface area contributed by atoms with E-state index in [9.17, 15) is 14.9 Å². The molecule has 1 N–H and O–H groups in total. The summed E-state index contributed by atoms with van der Waals surface area (Å²) in [7, 11) is 1.47. The Kier molecular flexibility index (Phi) is 6.71. The largest absolute Gasteiger partial charge is 0.493 e. The molecule has 0 aliphatic carbocycles. The van der Waals surface area contributed by atoms with Crippen molar-refractivity contribution in [2.24, 2.45) is 5.10 Å². The SMILES string of the molecule is COc1cc(C=NNC(=O)c2cccc(Br)c2)ccc1Oc1ccc([N+](=O)[O-])cn1. The van der Waals surface area contributed by atoms with Gasteiger partial charge in [0.15, 0.2) is 11.5 Å².